The Morgan fingerprint density at radius 1 is 0.302 bits per heavy atom. The Labute approximate surface area is 330 Å². The number of nitrogens with one attached hydrogen (secondary N) is 11. The van der Waals surface area contributed by atoms with Gasteiger partial charge in [0.15, 0.2) is 0 Å². The van der Waals surface area contributed by atoms with Gasteiger partial charge in [-0.15, -0.1) is 0 Å². The second-order valence-electron chi connectivity index (χ2n) is 14.6. The maximum absolute atomic E-state index is 3.65. The second-order valence-corrected chi connectivity index (χ2v) is 14.6. The van der Waals surface area contributed by atoms with Gasteiger partial charge in [-0.3, -0.25) is 0 Å². The maximum atomic E-state index is 3.65. The molecule has 11 nitrogen and oxygen atoms in total. The van der Waals surface area contributed by atoms with Crippen molar-refractivity contribution in [1.29, 1.82) is 0 Å². The van der Waals surface area contributed by atoms with Crippen molar-refractivity contribution in [1.82, 2.24) is 58.5 Å². The summed E-state index contributed by atoms with van der Waals surface area (Å²) in [7, 11) is 2.04. The molecule has 53 heavy (non-hydrogen) atoms. The summed E-state index contributed by atoms with van der Waals surface area (Å²) in [6.45, 7) is 27.7. The van der Waals surface area contributed by atoms with Crippen LogP contribution in [0.3, 0.4) is 0 Å². The molecule has 318 valence electrons. The fourth-order valence-corrected chi connectivity index (χ4v) is 6.10. The minimum Gasteiger partial charge on any atom is -0.317 e. The van der Waals surface area contributed by atoms with Gasteiger partial charge in [0.25, 0.3) is 0 Å². The standard InChI is InChI=1S/C42H95N11/c1-4-44-23-6-8-25-46-27-10-12-29-48-31-14-15-33-50-35-18-19-37-52-39-22-42(40-43-3)41-53-38-21-20-36-51-34-17-16-32-49-30-13-11-28-47-26-9-7-24-45-5-2/h22,43-53H,4-21,23-41H2,1-3H3/b42-22-. The van der Waals surface area contributed by atoms with Crippen LogP contribution in [0, 0.1) is 0 Å². The molecule has 0 radical (unpaired) electrons. The van der Waals surface area contributed by atoms with Gasteiger partial charge in [0.05, 0.1) is 0 Å². The Morgan fingerprint density at radius 2 is 0.547 bits per heavy atom. The lowest BCUT2D eigenvalue weighted by Crippen LogP contribution is -2.26. The van der Waals surface area contributed by atoms with E-state index in [1.165, 1.54) is 108 Å². The van der Waals surface area contributed by atoms with Gasteiger partial charge in [-0.25, -0.2) is 0 Å². The second kappa shape index (κ2) is 49.3. The topological polar surface area (TPSA) is 132 Å². The molecule has 0 aromatic rings. The number of rotatable bonds is 48. The largest absolute Gasteiger partial charge is 0.317 e. The van der Waals surface area contributed by atoms with E-state index in [0.29, 0.717) is 0 Å². The zero-order valence-corrected chi connectivity index (χ0v) is 35.7. The summed E-state index contributed by atoms with van der Waals surface area (Å²) < 4.78 is 0. The van der Waals surface area contributed by atoms with E-state index in [0.717, 1.165) is 137 Å². The van der Waals surface area contributed by atoms with Crippen LogP contribution < -0.4 is 58.5 Å². The summed E-state index contributed by atoms with van der Waals surface area (Å²) in [5.74, 6) is 0. The monoisotopic (exact) mass is 754 g/mol. The molecule has 0 heterocycles. The van der Waals surface area contributed by atoms with E-state index in [9.17, 15) is 0 Å². The smallest absolute Gasteiger partial charge is 0.0177 e. The summed E-state index contributed by atoms with van der Waals surface area (Å²) in [4.78, 5) is 0. The molecule has 0 saturated heterocycles. The predicted octanol–water partition coefficient (Wildman–Crippen LogP) is 3.31. The number of likely N-dealkylation sites (N-methyl/N-ethyl adjacent to an activating group) is 1. The van der Waals surface area contributed by atoms with Crippen LogP contribution in [0.5, 0.6) is 0 Å². The van der Waals surface area contributed by atoms with Crippen LogP contribution in [-0.4, -0.2) is 144 Å². The molecular formula is C42H95N11. The van der Waals surface area contributed by atoms with Crippen LogP contribution in [0.2, 0.25) is 0 Å². The first-order valence-corrected chi connectivity index (χ1v) is 22.7. The van der Waals surface area contributed by atoms with E-state index in [1.54, 1.807) is 0 Å². The molecule has 0 aliphatic carbocycles. The quantitative estimate of drug-likeness (QED) is 0.0331. The molecule has 11 N–H and O–H groups in total. The Balaban J connectivity index is 3.36. The average molecular weight is 754 g/mol. The predicted molar refractivity (Wildman–Crippen MR) is 236 cm³/mol. The molecule has 0 saturated carbocycles. The Hall–Kier alpha value is -0.700. The van der Waals surface area contributed by atoms with Crippen molar-refractivity contribution in [3.05, 3.63) is 11.6 Å². The maximum Gasteiger partial charge on any atom is 0.0177 e. The molecule has 0 aromatic heterocycles. The van der Waals surface area contributed by atoms with Gasteiger partial charge >= 0.3 is 0 Å². The van der Waals surface area contributed by atoms with E-state index < -0.39 is 0 Å². The fourth-order valence-electron chi connectivity index (χ4n) is 6.10. The Morgan fingerprint density at radius 3 is 0.811 bits per heavy atom. The van der Waals surface area contributed by atoms with Crippen molar-refractivity contribution in [2.75, 3.05) is 144 Å². The Kier molecular flexibility index (Phi) is 48.7. The molecule has 0 bridgehead atoms. The summed E-state index contributed by atoms with van der Waals surface area (Å²) in [6, 6.07) is 0. The average Bonchev–Trinajstić information content (AvgIpc) is 3.17. The van der Waals surface area contributed by atoms with Crippen LogP contribution >= 0.6 is 0 Å². The van der Waals surface area contributed by atoms with Crippen LogP contribution in [-0.2, 0) is 0 Å². The van der Waals surface area contributed by atoms with Crippen LogP contribution in [0.1, 0.15) is 117 Å². The van der Waals surface area contributed by atoms with Crippen LogP contribution in [0.25, 0.3) is 0 Å². The summed E-state index contributed by atoms with van der Waals surface area (Å²) >= 11 is 0. The van der Waals surface area contributed by atoms with Crippen molar-refractivity contribution in [2.45, 2.75) is 117 Å². The van der Waals surface area contributed by atoms with E-state index in [4.69, 9.17) is 0 Å². The van der Waals surface area contributed by atoms with Crippen molar-refractivity contribution >= 4 is 0 Å². The van der Waals surface area contributed by atoms with Gasteiger partial charge < -0.3 is 58.5 Å². The molecule has 0 fully saturated rings. The lowest BCUT2D eigenvalue weighted by Gasteiger charge is -2.10. The number of hydrogen-bond acceptors (Lipinski definition) is 11. The van der Waals surface area contributed by atoms with E-state index in [-0.39, 0.29) is 0 Å². The molecule has 0 rings (SSSR count). The lowest BCUT2D eigenvalue weighted by molar-refractivity contribution is 0.537. The Bertz CT molecular complexity index is 683. The van der Waals surface area contributed by atoms with Gasteiger partial charge in [-0.2, -0.15) is 0 Å². The normalized spacial score (nSPS) is 12.0. The van der Waals surface area contributed by atoms with Crippen LogP contribution in [0.15, 0.2) is 11.6 Å². The van der Waals surface area contributed by atoms with E-state index in [1.807, 2.05) is 7.05 Å². The van der Waals surface area contributed by atoms with E-state index >= 15 is 0 Å². The molecule has 0 spiro atoms. The minimum atomic E-state index is 0.953. The third kappa shape index (κ3) is 47.4. The highest BCUT2D eigenvalue weighted by atomic mass is 14.9. The van der Waals surface area contributed by atoms with Crippen LogP contribution in [0.4, 0.5) is 0 Å². The minimum absolute atomic E-state index is 0.953. The van der Waals surface area contributed by atoms with Crippen molar-refractivity contribution in [3.8, 4) is 0 Å². The molecule has 0 aliphatic heterocycles. The first kappa shape index (κ1) is 52.3. The van der Waals surface area contributed by atoms with Gasteiger partial charge in [-0.1, -0.05) is 19.9 Å². The van der Waals surface area contributed by atoms with Crippen molar-refractivity contribution < 1.29 is 0 Å². The van der Waals surface area contributed by atoms with E-state index in [2.05, 4.69) is 78.4 Å². The molecule has 11 heteroatoms. The summed E-state index contributed by atoms with van der Waals surface area (Å²) in [5, 5.41) is 39.0. The first-order chi connectivity index (χ1) is 26.3. The van der Waals surface area contributed by atoms with Crippen molar-refractivity contribution in [3.63, 3.8) is 0 Å². The molecule has 0 aromatic carbocycles. The number of hydrogen-bond donors (Lipinski definition) is 11. The molecule has 0 atom stereocenters. The zero-order chi connectivity index (χ0) is 38.2. The summed E-state index contributed by atoms with van der Waals surface area (Å²) in [6.07, 6.45) is 22.6. The highest BCUT2D eigenvalue weighted by Gasteiger charge is 1.98. The third-order valence-electron chi connectivity index (χ3n) is 9.45. The van der Waals surface area contributed by atoms with Crippen molar-refractivity contribution in [2.24, 2.45) is 0 Å². The molecule has 0 amide bonds. The SMILES string of the molecule is CCNCCCCNCCCCNCCCCNCCCCNC/C=C(/CNC)CNCCCCNCCCCNCCCCNCCCCNCC. The van der Waals surface area contributed by atoms with Gasteiger partial charge in [0.1, 0.15) is 0 Å². The number of unbranched alkanes of at least 4 members (excludes halogenated alkanes) is 8. The van der Waals surface area contributed by atoms with Gasteiger partial charge in [0.2, 0.25) is 0 Å². The third-order valence-corrected chi connectivity index (χ3v) is 9.45. The molecular weight excluding hydrogens is 659 g/mol. The molecule has 0 aliphatic rings. The summed E-state index contributed by atoms with van der Waals surface area (Å²) in [5.41, 5.74) is 1.45. The highest BCUT2D eigenvalue weighted by molar-refractivity contribution is 5.07. The van der Waals surface area contributed by atoms with Gasteiger partial charge in [0, 0.05) is 19.6 Å². The van der Waals surface area contributed by atoms with Gasteiger partial charge in [-0.05, 0) is 233 Å². The molecule has 0 unspecified atom stereocenters. The highest BCUT2D eigenvalue weighted by Crippen LogP contribution is 1.94. The lowest BCUT2D eigenvalue weighted by atomic mass is 10.2. The fraction of sp³-hybridized carbons (Fsp3) is 0.952. The first-order valence-electron chi connectivity index (χ1n) is 22.7. The zero-order valence-electron chi connectivity index (χ0n) is 35.7.